The van der Waals surface area contributed by atoms with Crippen molar-refractivity contribution in [2.75, 3.05) is 11.9 Å². The lowest BCUT2D eigenvalue weighted by molar-refractivity contribution is 0.305. The van der Waals surface area contributed by atoms with Gasteiger partial charge in [-0.3, -0.25) is 0 Å². The lowest BCUT2D eigenvalue weighted by Gasteiger charge is -2.22. The first-order valence-corrected chi connectivity index (χ1v) is 7.27. The van der Waals surface area contributed by atoms with E-state index in [9.17, 15) is 0 Å². The minimum absolute atomic E-state index is 0.186. The van der Waals surface area contributed by atoms with Crippen molar-refractivity contribution in [1.82, 2.24) is 9.97 Å². The van der Waals surface area contributed by atoms with E-state index in [4.69, 9.17) is 10.5 Å². The van der Waals surface area contributed by atoms with Gasteiger partial charge in [0, 0.05) is 24.3 Å². The molecule has 2 atom stereocenters. The molecule has 1 aromatic rings. The zero-order valence-corrected chi connectivity index (χ0v) is 11.6. The molecular weight excluding hydrogens is 240 g/mol. The van der Waals surface area contributed by atoms with Crippen molar-refractivity contribution in [3.05, 3.63) is 12.3 Å². The van der Waals surface area contributed by atoms with Gasteiger partial charge < -0.3 is 15.8 Å². The molecular formula is C14H24N4O. The summed E-state index contributed by atoms with van der Waals surface area (Å²) in [7, 11) is 0. The Labute approximate surface area is 115 Å². The van der Waals surface area contributed by atoms with Crippen LogP contribution in [0.3, 0.4) is 0 Å². The van der Waals surface area contributed by atoms with Crippen LogP contribution in [0.25, 0.3) is 0 Å². The fourth-order valence-electron chi connectivity index (χ4n) is 2.38. The van der Waals surface area contributed by atoms with E-state index in [1.165, 1.54) is 19.3 Å². The number of nitrogens with one attached hydrogen (secondary N) is 1. The van der Waals surface area contributed by atoms with Crippen molar-refractivity contribution in [3.63, 3.8) is 0 Å². The summed E-state index contributed by atoms with van der Waals surface area (Å²) in [6.07, 6.45) is 8.57. The topological polar surface area (TPSA) is 73.1 Å². The second-order valence-electron chi connectivity index (χ2n) is 5.12. The fourth-order valence-corrected chi connectivity index (χ4v) is 2.38. The molecule has 2 rings (SSSR count). The van der Waals surface area contributed by atoms with Crippen LogP contribution in [-0.2, 0) is 0 Å². The summed E-state index contributed by atoms with van der Waals surface area (Å²) < 4.78 is 5.51. The van der Waals surface area contributed by atoms with Crippen LogP contribution in [-0.4, -0.2) is 28.7 Å². The highest BCUT2D eigenvalue weighted by Gasteiger charge is 2.20. The van der Waals surface area contributed by atoms with Crippen LogP contribution in [0.15, 0.2) is 12.3 Å². The van der Waals surface area contributed by atoms with Crippen LogP contribution < -0.4 is 15.8 Å². The molecule has 0 amide bonds. The third-order valence-corrected chi connectivity index (χ3v) is 3.47. The Kier molecular flexibility index (Phi) is 5.39. The molecule has 5 nitrogen and oxygen atoms in total. The Morgan fingerprint density at radius 3 is 3.05 bits per heavy atom. The van der Waals surface area contributed by atoms with Crippen LogP contribution in [0.2, 0.25) is 0 Å². The predicted octanol–water partition coefficient (Wildman–Crippen LogP) is 2.34. The highest BCUT2D eigenvalue weighted by Crippen LogP contribution is 2.19. The number of hydrogen-bond donors (Lipinski definition) is 2. The van der Waals surface area contributed by atoms with Gasteiger partial charge in [-0.2, -0.15) is 4.98 Å². The van der Waals surface area contributed by atoms with Gasteiger partial charge in [0.25, 0.3) is 0 Å². The molecule has 19 heavy (non-hydrogen) atoms. The van der Waals surface area contributed by atoms with E-state index in [2.05, 4.69) is 22.2 Å². The highest BCUT2D eigenvalue weighted by molar-refractivity contribution is 5.29. The highest BCUT2D eigenvalue weighted by atomic mass is 16.5. The first-order chi connectivity index (χ1) is 9.29. The molecule has 1 heterocycles. The number of rotatable bonds is 5. The minimum Gasteiger partial charge on any atom is -0.478 e. The number of anilines is 1. The standard InChI is InChI=1S/C14H24N4O/c1-2-10-19-13-8-9-16-14(18-13)17-12-7-5-3-4-6-11(12)15/h8-9,11-12H,2-7,10,15H2,1H3,(H,16,17,18). The summed E-state index contributed by atoms with van der Waals surface area (Å²) in [5, 5.41) is 3.36. The van der Waals surface area contributed by atoms with Crippen LogP contribution in [0.5, 0.6) is 5.88 Å². The number of ether oxygens (including phenoxy) is 1. The number of nitrogens with two attached hydrogens (primary N) is 1. The molecule has 0 radical (unpaired) electrons. The third kappa shape index (κ3) is 4.35. The maximum atomic E-state index is 6.20. The van der Waals surface area contributed by atoms with Gasteiger partial charge in [0.1, 0.15) is 0 Å². The van der Waals surface area contributed by atoms with E-state index in [1.807, 2.05) is 0 Å². The number of hydrogen-bond acceptors (Lipinski definition) is 5. The van der Waals surface area contributed by atoms with Crippen molar-refractivity contribution in [2.45, 2.75) is 57.5 Å². The summed E-state index contributed by atoms with van der Waals surface area (Å²) in [6, 6.07) is 2.24. The molecule has 0 spiro atoms. The van der Waals surface area contributed by atoms with Gasteiger partial charge in [0.05, 0.1) is 6.61 Å². The van der Waals surface area contributed by atoms with Crippen LogP contribution >= 0.6 is 0 Å². The average Bonchev–Trinajstić information content (AvgIpc) is 2.62. The molecule has 3 N–H and O–H groups in total. The van der Waals surface area contributed by atoms with E-state index in [0.29, 0.717) is 18.4 Å². The van der Waals surface area contributed by atoms with E-state index in [-0.39, 0.29) is 12.1 Å². The first kappa shape index (κ1) is 14.1. The van der Waals surface area contributed by atoms with E-state index >= 15 is 0 Å². The zero-order valence-electron chi connectivity index (χ0n) is 11.6. The second kappa shape index (κ2) is 7.28. The Bertz CT molecular complexity index is 385. The lowest BCUT2D eigenvalue weighted by atomic mass is 10.0. The monoisotopic (exact) mass is 264 g/mol. The average molecular weight is 264 g/mol. The Balaban J connectivity index is 1.97. The molecule has 1 fully saturated rings. The van der Waals surface area contributed by atoms with Gasteiger partial charge in [-0.1, -0.05) is 26.2 Å². The lowest BCUT2D eigenvalue weighted by Crippen LogP contribution is -2.39. The van der Waals surface area contributed by atoms with Crippen molar-refractivity contribution in [1.29, 1.82) is 0 Å². The van der Waals surface area contributed by atoms with Gasteiger partial charge in [0.2, 0.25) is 11.8 Å². The molecule has 1 aromatic heterocycles. The summed E-state index contributed by atoms with van der Waals surface area (Å²) in [6.45, 7) is 2.75. The maximum Gasteiger partial charge on any atom is 0.226 e. The molecule has 0 saturated heterocycles. The van der Waals surface area contributed by atoms with Crippen molar-refractivity contribution in [3.8, 4) is 5.88 Å². The van der Waals surface area contributed by atoms with Crippen molar-refractivity contribution < 1.29 is 4.74 Å². The van der Waals surface area contributed by atoms with Gasteiger partial charge in [-0.05, 0) is 19.3 Å². The van der Waals surface area contributed by atoms with Crippen molar-refractivity contribution >= 4 is 5.95 Å². The van der Waals surface area contributed by atoms with Gasteiger partial charge in [-0.25, -0.2) is 4.98 Å². The summed E-state index contributed by atoms with van der Waals surface area (Å²) >= 11 is 0. The number of aromatic nitrogens is 2. The SMILES string of the molecule is CCCOc1ccnc(NC2CCCCCC2N)n1. The Morgan fingerprint density at radius 2 is 2.21 bits per heavy atom. The quantitative estimate of drug-likeness (QED) is 0.799. The molecule has 5 heteroatoms. The molecule has 0 bridgehead atoms. The van der Waals surface area contributed by atoms with Gasteiger partial charge in [0.15, 0.2) is 0 Å². The minimum atomic E-state index is 0.186. The third-order valence-electron chi connectivity index (χ3n) is 3.47. The zero-order chi connectivity index (χ0) is 13.5. The molecule has 106 valence electrons. The summed E-state index contributed by atoms with van der Waals surface area (Å²) in [5.41, 5.74) is 6.20. The van der Waals surface area contributed by atoms with Crippen LogP contribution in [0.1, 0.15) is 45.4 Å². The predicted molar refractivity (Wildman–Crippen MR) is 76.3 cm³/mol. The maximum absolute atomic E-state index is 6.20. The Hall–Kier alpha value is -1.36. The Morgan fingerprint density at radius 1 is 1.37 bits per heavy atom. The molecule has 0 aromatic carbocycles. The molecule has 1 saturated carbocycles. The molecule has 1 aliphatic rings. The van der Waals surface area contributed by atoms with Crippen LogP contribution in [0.4, 0.5) is 5.95 Å². The molecule has 2 unspecified atom stereocenters. The van der Waals surface area contributed by atoms with Gasteiger partial charge >= 0.3 is 0 Å². The fraction of sp³-hybridized carbons (Fsp3) is 0.714. The normalized spacial score (nSPS) is 23.7. The molecule has 1 aliphatic carbocycles. The van der Waals surface area contributed by atoms with E-state index < -0.39 is 0 Å². The summed E-state index contributed by atoms with van der Waals surface area (Å²) in [4.78, 5) is 8.62. The van der Waals surface area contributed by atoms with E-state index in [1.54, 1.807) is 12.3 Å². The van der Waals surface area contributed by atoms with Crippen molar-refractivity contribution in [2.24, 2.45) is 5.73 Å². The first-order valence-electron chi connectivity index (χ1n) is 7.27. The van der Waals surface area contributed by atoms with Crippen LogP contribution in [0, 0.1) is 0 Å². The largest absolute Gasteiger partial charge is 0.478 e. The summed E-state index contributed by atoms with van der Waals surface area (Å²) in [5.74, 6) is 1.25. The second-order valence-corrected chi connectivity index (χ2v) is 5.12. The van der Waals surface area contributed by atoms with Gasteiger partial charge in [-0.15, -0.1) is 0 Å². The van der Waals surface area contributed by atoms with E-state index in [0.717, 1.165) is 19.3 Å². The number of nitrogens with zero attached hydrogens (tertiary/aromatic N) is 2. The molecule has 0 aliphatic heterocycles. The smallest absolute Gasteiger partial charge is 0.226 e.